The van der Waals surface area contributed by atoms with Crippen LogP contribution in [-0.4, -0.2) is 23.2 Å². The molecule has 2 rings (SSSR count). The number of aromatic nitrogens is 1. The van der Waals surface area contributed by atoms with Gasteiger partial charge in [-0.1, -0.05) is 0 Å². The number of aromatic amines is 1. The van der Waals surface area contributed by atoms with E-state index in [-0.39, 0.29) is 0 Å². The largest absolute Gasteiger partial charge is 0.497 e. The third-order valence-electron chi connectivity index (χ3n) is 3.00. The monoisotopic (exact) mass is 245 g/mol. The van der Waals surface area contributed by atoms with Crippen LogP contribution >= 0.6 is 0 Å². The fourth-order valence-corrected chi connectivity index (χ4v) is 2.03. The number of benzene rings is 1. The average Bonchev–Trinajstić information content (AvgIpc) is 2.65. The van der Waals surface area contributed by atoms with Crippen LogP contribution in [0.15, 0.2) is 18.2 Å². The van der Waals surface area contributed by atoms with Crippen molar-refractivity contribution in [1.29, 1.82) is 0 Å². The fourth-order valence-electron chi connectivity index (χ4n) is 2.03. The summed E-state index contributed by atoms with van der Waals surface area (Å²) in [6, 6.07) is 3.90. The van der Waals surface area contributed by atoms with E-state index < -0.39 is 5.97 Å². The number of aliphatic carboxylic acids is 1. The molecule has 0 saturated carbocycles. The minimum Gasteiger partial charge on any atom is -0.497 e. The SMILES string of the molecule is COc1cc(C)c2[nH]c(/C=C/C(=O)O)c(C)c2c1. The standard InChI is InChI=1S/C14H15NO3/c1-8-6-10(18-3)7-11-9(2)12(15-14(8)11)4-5-13(16)17/h4-7,15H,1-3H3,(H,16,17)/b5-4+. The van der Waals surface area contributed by atoms with Gasteiger partial charge >= 0.3 is 5.97 Å². The first kappa shape index (κ1) is 12.2. The van der Waals surface area contributed by atoms with Gasteiger partial charge in [0.25, 0.3) is 0 Å². The van der Waals surface area contributed by atoms with Crippen molar-refractivity contribution >= 4 is 22.9 Å². The van der Waals surface area contributed by atoms with Gasteiger partial charge in [-0.05, 0) is 43.2 Å². The highest BCUT2D eigenvalue weighted by Gasteiger charge is 2.09. The number of fused-ring (bicyclic) bond motifs is 1. The topological polar surface area (TPSA) is 62.3 Å². The molecule has 0 fully saturated rings. The molecule has 1 heterocycles. The van der Waals surface area contributed by atoms with E-state index >= 15 is 0 Å². The van der Waals surface area contributed by atoms with Crippen molar-refractivity contribution in [1.82, 2.24) is 4.98 Å². The van der Waals surface area contributed by atoms with E-state index in [9.17, 15) is 4.79 Å². The highest BCUT2D eigenvalue weighted by Crippen LogP contribution is 2.29. The van der Waals surface area contributed by atoms with Crippen molar-refractivity contribution in [2.75, 3.05) is 7.11 Å². The third-order valence-corrected chi connectivity index (χ3v) is 3.00. The van der Waals surface area contributed by atoms with Crippen LogP contribution in [0.25, 0.3) is 17.0 Å². The normalized spacial score (nSPS) is 11.3. The molecule has 18 heavy (non-hydrogen) atoms. The van der Waals surface area contributed by atoms with Crippen LogP contribution in [0.3, 0.4) is 0 Å². The molecule has 4 nitrogen and oxygen atoms in total. The van der Waals surface area contributed by atoms with E-state index in [4.69, 9.17) is 9.84 Å². The van der Waals surface area contributed by atoms with Crippen molar-refractivity contribution in [2.24, 2.45) is 0 Å². The first-order chi connectivity index (χ1) is 8.52. The number of hydrogen-bond donors (Lipinski definition) is 2. The molecule has 2 aromatic rings. The lowest BCUT2D eigenvalue weighted by molar-refractivity contribution is -0.131. The van der Waals surface area contributed by atoms with Gasteiger partial charge in [0.2, 0.25) is 0 Å². The molecular formula is C14H15NO3. The number of hydrogen-bond acceptors (Lipinski definition) is 2. The Labute approximate surface area is 105 Å². The molecule has 0 atom stereocenters. The zero-order valence-electron chi connectivity index (χ0n) is 10.6. The second-order valence-electron chi connectivity index (χ2n) is 4.20. The Morgan fingerprint density at radius 3 is 2.72 bits per heavy atom. The molecule has 0 unspecified atom stereocenters. The van der Waals surface area contributed by atoms with E-state index in [1.165, 1.54) is 0 Å². The van der Waals surface area contributed by atoms with E-state index in [1.807, 2.05) is 26.0 Å². The molecule has 1 aromatic heterocycles. The summed E-state index contributed by atoms with van der Waals surface area (Å²) in [5.74, 6) is -0.154. The van der Waals surface area contributed by atoms with Gasteiger partial charge in [0.15, 0.2) is 0 Å². The van der Waals surface area contributed by atoms with E-state index in [1.54, 1.807) is 13.2 Å². The Bertz CT molecular complexity index is 638. The quantitative estimate of drug-likeness (QED) is 0.817. The third kappa shape index (κ3) is 2.09. The molecule has 0 radical (unpaired) electrons. The van der Waals surface area contributed by atoms with Crippen molar-refractivity contribution in [3.63, 3.8) is 0 Å². The second-order valence-corrected chi connectivity index (χ2v) is 4.20. The molecule has 0 amide bonds. The highest BCUT2D eigenvalue weighted by atomic mass is 16.5. The number of methoxy groups -OCH3 is 1. The number of carboxylic acid groups (broad SMARTS) is 1. The lowest BCUT2D eigenvalue weighted by Crippen LogP contribution is -1.86. The van der Waals surface area contributed by atoms with Crippen LogP contribution in [0.1, 0.15) is 16.8 Å². The van der Waals surface area contributed by atoms with E-state index in [0.29, 0.717) is 0 Å². The smallest absolute Gasteiger partial charge is 0.328 e. The molecule has 0 aliphatic rings. The summed E-state index contributed by atoms with van der Waals surface area (Å²) < 4.78 is 5.24. The Hall–Kier alpha value is -2.23. The van der Waals surface area contributed by atoms with Crippen LogP contribution in [0, 0.1) is 13.8 Å². The van der Waals surface area contributed by atoms with Crippen LogP contribution in [0.2, 0.25) is 0 Å². The second kappa shape index (κ2) is 4.56. The predicted molar refractivity (Wildman–Crippen MR) is 71.0 cm³/mol. The van der Waals surface area contributed by atoms with Crippen molar-refractivity contribution in [3.8, 4) is 5.75 Å². The number of rotatable bonds is 3. The Kier molecular flexibility index (Phi) is 3.10. The summed E-state index contributed by atoms with van der Waals surface area (Å²) in [6.07, 6.45) is 2.70. The number of carbonyl (C=O) groups is 1. The molecule has 0 bridgehead atoms. The Balaban J connectivity index is 2.62. The summed E-state index contributed by atoms with van der Waals surface area (Å²) >= 11 is 0. The van der Waals surface area contributed by atoms with Crippen LogP contribution < -0.4 is 4.74 Å². The van der Waals surface area contributed by atoms with E-state index in [2.05, 4.69) is 4.98 Å². The number of ether oxygens (including phenoxy) is 1. The van der Waals surface area contributed by atoms with Crippen LogP contribution in [0.4, 0.5) is 0 Å². The van der Waals surface area contributed by atoms with Gasteiger partial charge in [-0.3, -0.25) is 0 Å². The molecular weight excluding hydrogens is 230 g/mol. The minimum absolute atomic E-state index is 0.802. The molecule has 1 aromatic carbocycles. The van der Waals surface area contributed by atoms with Gasteiger partial charge in [0, 0.05) is 22.7 Å². The van der Waals surface area contributed by atoms with Crippen LogP contribution in [-0.2, 0) is 4.79 Å². The maximum absolute atomic E-state index is 10.5. The average molecular weight is 245 g/mol. The number of carboxylic acids is 1. The summed E-state index contributed by atoms with van der Waals surface area (Å²) in [5, 5.41) is 9.71. The summed E-state index contributed by atoms with van der Waals surface area (Å²) in [7, 11) is 1.63. The van der Waals surface area contributed by atoms with Gasteiger partial charge in [0.05, 0.1) is 7.11 Å². The predicted octanol–water partition coefficient (Wildman–Crippen LogP) is 2.89. The van der Waals surface area contributed by atoms with Crippen LogP contribution in [0.5, 0.6) is 5.75 Å². The zero-order valence-corrected chi connectivity index (χ0v) is 10.6. The molecule has 0 aliphatic carbocycles. The Morgan fingerprint density at radius 2 is 2.11 bits per heavy atom. The highest BCUT2D eigenvalue weighted by molar-refractivity contribution is 5.92. The first-order valence-electron chi connectivity index (χ1n) is 5.61. The summed E-state index contributed by atoms with van der Waals surface area (Å²) in [5.41, 5.74) is 3.91. The molecule has 0 aliphatic heterocycles. The first-order valence-corrected chi connectivity index (χ1v) is 5.61. The van der Waals surface area contributed by atoms with Gasteiger partial charge < -0.3 is 14.8 Å². The lowest BCUT2D eigenvalue weighted by atomic mass is 10.1. The van der Waals surface area contributed by atoms with Crippen molar-refractivity contribution < 1.29 is 14.6 Å². The maximum atomic E-state index is 10.5. The molecule has 2 N–H and O–H groups in total. The van der Waals surface area contributed by atoms with Gasteiger partial charge in [-0.25, -0.2) is 4.79 Å². The maximum Gasteiger partial charge on any atom is 0.328 e. The fraction of sp³-hybridized carbons (Fsp3) is 0.214. The number of H-pyrrole nitrogens is 1. The number of nitrogens with one attached hydrogen (secondary N) is 1. The van der Waals surface area contributed by atoms with Crippen molar-refractivity contribution in [2.45, 2.75) is 13.8 Å². The van der Waals surface area contributed by atoms with Gasteiger partial charge in [0.1, 0.15) is 5.75 Å². The Morgan fingerprint density at radius 1 is 1.39 bits per heavy atom. The molecule has 0 saturated heterocycles. The van der Waals surface area contributed by atoms with E-state index in [0.717, 1.165) is 39.5 Å². The lowest BCUT2D eigenvalue weighted by Gasteiger charge is -2.02. The van der Waals surface area contributed by atoms with Gasteiger partial charge in [-0.15, -0.1) is 0 Å². The van der Waals surface area contributed by atoms with Crippen molar-refractivity contribution in [3.05, 3.63) is 35.0 Å². The molecule has 4 heteroatoms. The molecule has 94 valence electrons. The summed E-state index contributed by atoms with van der Waals surface area (Å²) in [6.45, 7) is 3.95. The molecule has 0 spiro atoms. The number of aryl methyl sites for hydroxylation is 2. The summed E-state index contributed by atoms with van der Waals surface area (Å²) in [4.78, 5) is 13.8. The minimum atomic E-state index is -0.956. The van der Waals surface area contributed by atoms with Gasteiger partial charge in [-0.2, -0.15) is 0 Å². The zero-order chi connectivity index (χ0) is 13.3.